The molecule has 0 atom stereocenters. The molecule has 1 fully saturated rings. The van der Waals surface area contributed by atoms with Crippen LogP contribution in [0.2, 0.25) is 0 Å². The number of hydrogen-bond donors (Lipinski definition) is 1. The smallest absolute Gasteiger partial charge is 0.293 e. The lowest BCUT2D eigenvalue weighted by atomic mass is 10.1. The van der Waals surface area contributed by atoms with Gasteiger partial charge >= 0.3 is 6.03 Å². The van der Waals surface area contributed by atoms with Crippen molar-refractivity contribution in [1.29, 1.82) is 0 Å². The number of benzene rings is 1. The van der Waals surface area contributed by atoms with Crippen molar-refractivity contribution in [2.45, 2.75) is 18.7 Å². The SMILES string of the molecule is Cc1cc(CBr)ccc1N1CCC(=O)NC1=O. The predicted octanol–water partition coefficient (Wildman–Crippen LogP) is 2.34. The summed E-state index contributed by atoms with van der Waals surface area (Å²) in [6.45, 7) is 2.41. The Kier molecular flexibility index (Phi) is 3.47. The minimum absolute atomic E-state index is 0.207. The summed E-state index contributed by atoms with van der Waals surface area (Å²) < 4.78 is 0. The molecule has 2 rings (SSSR count). The summed E-state index contributed by atoms with van der Waals surface area (Å²) >= 11 is 3.39. The van der Waals surface area contributed by atoms with E-state index in [0.717, 1.165) is 16.6 Å². The molecule has 1 aromatic carbocycles. The summed E-state index contributed by atoms with van der Waals surface area (Å²) in [7, 11) is 0. The molecule has 1 aliphatic rings. The van der Waals surface area contributed by atoms with Crippen molar-refractivity contribution in [2.24, 2.45) is 0 Å². The molecule has 1 saturated heterocycles. The van der Waals surface area contributed by atoms with Gasteiger partial charge in [-0.1, -0.05) is 28.1 Å². The zero-order valence-corrected chi connectivity index (χ0v) is 11.1. The van der Waals surface area contributed by atoms with Crippen LogP contribution < -0.4 is 10.2 Å². The van der Waals surface area contributed by atoms with Gasteiger partial charge < -0.3 is 0 Å². The molecule has 0 aromatic heterocycles. The molecule has 4 nitrogen and oxygen atoms in total. The first-order valence-corrected chi connectivity index (χ1v) is 6.51. The second-order valence-corrected chi connectivity index (χ2v) is 4.57. The summed E-state index contributed by atoms with van der Waals surface area (Å²) in [6.07, 6.45) is 0.353. The number of aryl methyl sites for hydroxylation is 1. The zero-order chi connectivity index (χ0) is 12.4. The molecule has 1 N–H and O–H groups in total. The first-order chi connectivity index (χ1) is 8.11. The molecule has 1 heterocycles. The van der Waals surface area contributed by atoms with Crippen LogP contribution in [-0.4, -0.2) is 18.5 Å². The molecule has 0 aliphatic carbocycles. The van der Waals surface area contributed by atoms with Gasteiger partial charge in [0, 0.05) is 24.0 Å². The zero-order valence-electron chi connectivity index (χ0n) is 9.50. The normalized spacial score (nSPS) is 16.0. The van der Waals surface area contributed by atoms with Crippen LogP contribution in [-0.2, 0) is 10.1 Å². The van der Waals surface area contributed by atoms with E-state index >= 15 is 0 Å². The van der Waals surface area contributed by atoms with Crippen molar-refractivity contribution in [1.82, 2.24) is 5.32 Å². The number of imide groups is 1. The van der Waals surface area contributed by atoms with Gasteiger partial charge in [0.2, 0.25) is 5.91 Å². The minimum atomic E-state index is -0.337. The van der Waals surface area contributed by atoms with Gasteiger partial charge in [-0.3, -0.25) is 15.0 Å². The Morgan fingerprint density at radius 1 is 1.41 bits per heavy atom. The Balaban J connectivity index is 2.28. The van der Waals surface area contributed by atoms with Gasteiger partial charge in [-0.05, 0) is 24.1 Å². The number of urea groups is 1. The molecule has 0 saturated carbocycles. The fraction of sp³-hybridized carbons (Fsp3) is 0.333. The van der Waals surface area contributed by atoms with E-state index in [2.05, 4.69) is 21.2 Å². The Hall–Kier alpha value is -1.36. The maximum absolute atomic E-state index is 11.7. The van der Waals surface area contributed by atoms with Gasteiger partial charge in [0.25, 0.3) is 0 Å². The van der Waals surface area contributed by atoms with Crippen molar-refractivity contribution in [3.05, 3.63) is 29.3 Å². The van der Waals surface area contributed by atoms with Crippen LogP contribution in [0.3, 0.4) is 0 Å². The first kappa shape index (κ1) is 12.1. The standard InChI is InChI=1S/C12H13BrN2O2/c1-8-6-9(7-13)2-3-10(8)15-5-4-11(16)14-12(15)17/h2-3,6H,4-5,7H2,1H3,(H,14,16,17). The number of alkyl halides is 1. The highest BCUT2D eigenvalue weighted by molar-refractivity contribution is 9.08. The van der Waals surface area contributed by atoms with E-state index in [1.807, 2.05) is 25.1 Å². The van der Waals surface area contributed by atoms with Gasteiger partial charge in [-0.15, -0.1) is 0 Å². The van der Waals surface area contributed by atoms with E-state index in [0.29, 0.717) is 13.0 Å². The summed E-state index contributed by atoms with van der Waals surface area (Å²) in [4.78, 5) is 24.4. The Morgan fingerprint density at radius 2 is 2.18 bits per heavy atom. The number of nitrogens with one attached hydrogen (secondary N) is 1. The van der Waals surface area contributed by atoms with Gasteiger partial charge in [-0.2, -0.15) is 0 Å². The van der Waals surface area contributed by atoms with Gasteiger partial charge in [0.15, 0.2) is 0 Å². The Morgan fingerprint density at radius 3 is 2.76 bits per heavy atom. The van der Waals surface area contributed by atoms with Crippen LogP contribution in [0.1, 0.15) is 17.5 Å². The quantitative estimate of drug-likeness (QED) is 0.852. The highest BCUT2D eigenvalue weighted by atomic mass is 79.9. The molecular formula is C12H13BrN2O2. The molecule has 0 bridgehead atoms. The topological polar surface area (TPSA) is 49.4 Å². The summed E-state index contributed by atoms with van der Waals surface area (Å²) in [6, 6.07) is 5.59. The van der Waals surface area contributed by atoms with E-state index in [9.17, 15) is 9.59 Å². The number of nitrogens with zero attached hydrogens (tertiary/aromatic N) is 1. The maximum atomic E-state index is 11.7. The largest absolute Gasteiger partial charge is 0.328 e. The second-order valence-electron chi connectivity index (χ2n) is 4.01. The number of carbonyl (C=O) groups excluding carboxylic acids is 2. The third-order valence-corrected chi connectivity index (χ3v) is 3.41. The van der Waals surface area contributed by atoms with E-state index < -0.39 is 0 Å². The number of hydrogen-bond acceptors (Lipinski definition) is 2. The predicted molar refractivity (Wildman–Crippen MR) is 69.3 cm³/mol. The molecule has 17 heavy (non-hydrogen) atoms. The summed E-state index contributed by atoms with van der Waals surface area (Å²) in [5.74, 6) is -0.207. The van der Waals surface area contributed by atoms with Crippen molar-refractivity contribution in [2.75, 3.05) is 11.4 Å². The fourth-order valence-corrected chi connectivity index (χ4v) is 2.25. The van der Waals surface area contributed by atoms with Crippen LogP contribution in [0.5, 0.6) is 0 Å². The van der Waals surface area contributed by atoms with Crippen LogP contribution in [0.25, 0.3) is 0 Å². The van der Waals surface area contributed by atoms with E-state index in [-0.39, 0.29) is 11.9 Å². The van der Waals surface area contributed by atoms with Crippen LogP contribution >= 0.6 is 15.9 Å². The second kappa shape index (κ2) is 4.87. The van der Waals surface area contributed by atoms with E-state index in [1.54, 1.807) is 4.90 Å². The third-order valence-electron chi connectivity index (χ3n) is 2.76. The van der Waals surface area contributed by atoms with Gasteiger partial charge in [-0.25, -0.2) is 4.79 Å². The highest BCUT2D eigenvalue weighted by Gasteiger charge is 2.24. The van der Waals surface area contributed by atoms with Crippen LogP contribution in [0.15, 0.2) is 18.2 Å². The average Bonchev–Trinajstić information content (AvgIpc) is 2.30. The Bertz CT molecular complexity index is 474. The average molecular weight is 297 g/mol. The lowest BCUT2D eigenvalue weighted by Crippen LogP contribution is -2.49. The Labute approximate surface area is 108 Å². The molecule has 0 radical (unpaired) electrons. The summed E-state index contributed by atoms with van der Waals surface area (Å²) in [5.41, 5.74) is 3.06. The van der Waals surface area contributed by atoms with Crippen molar-refractivity contribution in [3.63, 3.8) is 0 Å². The molecule has 0 unspecified atom stereocenters. The molecule has 1 aliphatic heterocycles. The lowest BCUT2D eigenvalue weighted by molar-refractivity contribution is -0.120. The maximum Gasteiger partial charge on any atom is 0.328 e. The van der Waals surface area contributed by atoms with Crippen molar-refractivity contribution >= 4 is 33.6 Å². The van der Waals surface area contributed by atoms with Crippen LogP contribution in [0, 0.1) is 6.92 Å². The molecule has 1 aromatic rings. The lowest BCUT2D eigenvalue weighted by Gasteiger charge is -2.28. The van der Waals surface area contributed by atoms with Crippen molar-refractivity contribution < 1.29 is 9.59 Å². The fourth-order valence-electron chi connectivity index (χ4n) is 1.90. The highest BCUT2D eigenvalue weighted by Crippen LogP contribution is 2.23. The van der Waals surface area contributed by atoms with Crippen molar-refractivity contribution in [3.8, 4) is 0 Å². The number of halogens is 1. The third kappa shape index (κ3) is 2.49. The van der Waals surface area contributed by atoms with Gasteiger partial charge in [0.05, 0.1) is 0 Å². The number of amides is 3. The molecule has 0 spiro atoms. The van der Waals surface area contributed by atoms with E-state index in [4.69, 9.17) is 0 Å². The molecule has 5 heteroatoms. The first-order valence-electron chi connectivity index (χ1n) is 5.38. The number of anilines is 1. The molecular weight excluding hydrogens is 284 g/mol. The summed E-state index contributed by atoms with van der Waals surface area (Å²) in [5, 5.41) is 3.11. The van der Waals surface area contributed by atoms with Crippen LogP contribution in [0.4, 0.5) is 10.5 Å². The number of rotatable bonds is 2. The van der Waals surface area contributed by atoms with Gasteiger partial charge in [0.1, 0.15) is 0 Å². The molecule has 90 valence electrons. The van der Waals surface area contributed by atoms with E-state index in [1.165, 1.54) is 5.56 Å². The monoisotopic (exact) mass is 296 g/mol. The number of carbonyl (C=O) groups is 2. The molecule has 3 amide bonds. The minimum Gasteiger partial charge on any atom is -0.293 e.